The van der Waals surface area contributed by atoms with E-state index in [4.69, 9.17) is 9.47 Å². The number of methoxy groups -OCH3 is 2. The maximum absolute atomic E-state index is 12.7. The predicted octanol–water partition coefficient (Wildman–Crippen LogP) is 3.26. The number of thiophene rings is 1. The van der Waals surface area contributed by atoms with Crippen molar-refractivity contribution in [3.63, 3.8) is 0 Å². The van der Waals surface area contributed by atoms with E-state index < -0.39 is 5.92 Å². The largest absolute Gasteiger partial charge is 0.496 e. The highest BCUT2D eigenvalue weighted by atomic mass is 32.1. The third kappa shape index (κ3) is 2.51. The van der Waals surface area contributed by atoms with E-state index in [-0.39, 0.29) is 5.78 Å². The lowest BCUT2D eigenvalue weighted by Crippen LogP contribution is -2.13. The molecule has 2 aromatic rings. The van der Waals surface area contributed by atoms with Crippen molar-refractivity contribution in [1.82, 2.24) is 0 Å². The summed E-state index contributed by atoms with van der Waals surface area (Å²) in [6.07, 6.45) is 0. The van der Waals surface area contributed by atoms with Gasteiger partial charge in [-0.3, -0.25) is 4.79 Å². The number of benzene rings is 1. The second-order valence-corrected chi connectivity index (χ2v) is 4.96. The second kappa shape index (κ2) is 6.22. The van der Waals surface area contributed by atoms with Crippen molar-refractivity contribution in [3.8, 4) is 17.6 Å². The van der Waals surface area contributed by atoms with Gasteiger partial charge in [-0.15, -0.1) is 11.3 Å². The number of rotatable bonds is 5. The molecule has 1 unspecified atom stereocenters. The molecule has 1 atom stereocenters. The summed E-state index contributed by atoms with van der Waals surface area (Å²) >= 11 is 1.38. The minimum absolute atomic E-state index is 0.303. The highest BCUT2D eigenvalue weighted by Crippen LogP contribution is 2.34. The molecular formula is C15H13NO3S. The lowest BCUT2D eigenvalue weighted by atomic mass is 9.96. The molecule has 102 valence electrons. The van der Waals surface area contributed by atoms with Crippen molar-refractivity contribution in [1.29, 1.82) is 5.26 Å². The first kappa shape index (κ1) is 14.1. The van der Waals surface area contributed by atoms with E-state index >= 15 is 0 Å². The minimum Gasteiger partial charge on any atom is -0.496 e. The van der Waals surface area contributed by atoms with Crippen LogP contribution < -0.4 is 9.47 Å². The van der Waals surface area contributed by atoms with Crippen molar-refractivity contribution in [3.05, 3.63) is 46.2 Å². The van der Waals surface area contributed by atoms with E-state index in [2.05, 4.69) is 6.07 Å². The number of nitriles is 1. The first-order chi connectivity index (χ1) is 9.72. The van der Waals surface area contributed by atoms with Gasteiger partial charge in [-0.05, 0) is 23.6 Å². The van der Waals surface area contributed by atoms with Crippen LogP contribution in [0.15, 0.2) is 35.7 Å². The second-order valence-electron chi connectivity index (χ2n) is 3.98. The highest BCUT2D eigenvalue weighted by molar-refractivity contribution is 7.10. The van der Waals surface area contributed by atoms with Crippen LogP contribution in [0.25, 0.3) is 0 Å². The number of hydrogen-bond donors (Lipinski definition) is 0. The molecule has 0 spiro atoms. The van der Waals surface area contributed by atoms with Gasteiger partial charge >= 0.3 is 0 Å². The molecule has 0 aliphatic carbocycles. The molecule has 0 radical (unpaired) electrons. The molecule has 0 fully saturated rings. The smallest absolute Gasteiger partial charge is 0.192 e. The van der Waals surface area contributed by atoms with Crippen molar-refractivity contribution in [2.75, 3.05) is 14.2 Å². The molecule has 1 aromatic carbocycles. The van der Waals surface area contributed by atoms with E-state index in [0.29, 0.717) is 21.9 Å². The van der Waals surface area contributed by atoms with Crippen LogP contribution in [0.1, 0.15) is 21.2 Å². The molecule has 0 aliphatic heterocycles. The lowest BCUT2D eigenvalue weighted by molar-refractivity contribution is 0.0974. The van der Waals surface area contributed by atoms with E-state index in [1.165, 1.54) is 25.6 Å². The van der Waals surface area contributed by atoms with Gasteiger partial charge in [-0.25, -0.2) is 0 Å². The fourth-order valence-electron chi connectivity index (χ4n) is 1.95. The maximum atomic E-state index is 12.7. The maximum Gasteiger partial charge on any atom is 0.192 e. The molecule has 0 saturated carbocycles. The lowest BCUT2D eigenvalue weighted by Gasteiger charge is -2.14. The summed E-state index contributed by atoms with van der Waals surface area (Å²) in [5.74, 6) is -0.346. The monoisotopic (exact) mass is 287 g/mol. The quantitative estimate of drug-likeness (QED) is 0.792. The Balaban J connectivity index is 2.50. The van der Waals surface area contributed by atoms with Crippen molar-refractivity contribution in [2.45, 2.75) is 5.92 Å². The summed E-state index contributed by atoms with van der Waals surface area (Å²) in [6, 6.07) is 10.7. The normalized spacial score (nSPS) is 11.4. The average molecular weight is 287 g/mol. The third-order valence-corrected chi connectivity index (χ3v) is 3.83. The van der Waals surface area contributed by atoms with Crippen LogP contribution in [0.3, 0.4) is 0 Å². The zero-order chi connectivity index (χ0) is 14.5. The molecule has 1 heterocycles. The number of nitrogens with zero attached hydrogens (tertiary/aromatic N) is 1. The molecule has 5 heteroatoms. The van der Waals surface area contributed by atoms with Crippen molar-refractivity contribution < 1.29 is 14.3 Å². The van der Waals surface area contributed by atoms with Gasteiger partial charge in [-0.2, -0.15) is 5.26 Å². The number of Topliss-reactive ketones (excluding diaryl/α,β-unsaturated/α-hetero) is 1. The molecular weight excluding hydrogens is 274 g/mol. The van der Waals surface area contributed by atoms with Crippen LogP contribution >= 0.6 is 11.3 Å². The van der Waals surface area contributed by atoms with Gasteiger partial charge in [0, 0.05) is 4.88 Å². The molecule has 0 aliphatic rings. The summed E-state index contributed by atoms with van der Waals surface area (Å²) in [4.78, 5) is 13.4. The van der Waals surface area contributed by atoms with Crippen LogP contribution in [-0.4, -0.2) is 20.0 Å². The Morgan fingerprint density at radius 3 is 2.30 bits per heavy atom. The first-order valence-corrected chi connectivity index (χ1v) is 6.79. The Kier molecular flexibility index (Phi) is 4.38. The summed E-state index contributed by atoms with van der Waals surface area (Å²) in [5.41, 5.74) is 0.303. The van der Waals surface area contributed by atoms with Crippen LogP contribution in [0.5, 0.6) is 11.5 Å². The van der Waals surface area contributed by atoms with Crippen LogP contribution in [0, 0.1) is 11.3 Å². The van der Waals surface area contributed by atoms with Gasteiger partial charge in [0.15, 0.2) is 5.78 Å². The number of ketones is 1. The average Bonchev–Trinajstić information content (AvgIpc) is 3.00. The van der Waals surface area contributed by atoms with E-state index in [0.717, 1.165) is 0 Å². The fraction of sp³-hybridized carbons (Fsp3) is 0.200. The van der Waals surface area contributed by atoms with Crippen LogP contribution in [0.4, 0.5) is 0 Å². The van der Waals surface area contributed by atoms with E-state index in [1.54, 1.807) is 24.3 Å². The first-order valence-electron chi connectivity index (χ1n) is 5.91. The highest BCUT2D eigenvalue weighted by Gasteiger charge is 2.28. The van der Waals surface area contributed by atoms with Crippen LogP contribution in [0.2, 0.25) is 0 Å². The molecule has 4 nitrogen and oxygen atoms in total. The Bertz CT molecular complexity index is 621. The summed E-state index contributed by atoms with van der Waals surface area (Å²) < 4.78 is 10.4. The van der Waals surface area contributed by atoms with Crippen LogP contribution in [-0.2, 0) is 0 Å². The van der Waals surface area contributed by atoms with Gasteiger partial charge in [0.05, 0.1) is 20.3 Å². The summed E-state index contributed by atoms with van der Waals surface area (Å²) in [6.45, 7) is 0. The molecule has 0 amide bonds. The molecule has 0 bridgehead atoms. The number of carbonyl (C=O) groups excluding carboxylic acids is 1. The molecule has 1 aromatic heterocycles. The van der Waals surface area contributed by atoms with Gasteiger partial charge in [0.25, 0.3) is 0 Å². The van der Waals surface area contributed by atoms with E-state index in [9.17, 15) is 10.1 Å². The Labute approximate surface area is 121 Å². The Hall–Kier alpha value is -2.32. The third-order valence-electron chi connectivity index (χ3n) is 2.89. The molecule has 0 N–H and O–H groups in total. The van der Waals surface area contributed by atoms with Gasteiger partial charge in [-0.1, -0.05) is 12.1 Å². The summed E-state index contributed by atoms with van der Waals surface area (Å²) in [5, 5.41) is 11.2. The fourth-order valence-corrected chi connectivity index (χ4v) is 2.71. The van der Waals surface area contributed by atoms with Gasteiger partial charge < -0.3 is 9.47 Å². The predicted molar refractivity (Wildman–Crippen MR) is 76.5 cm³/mol. The standard InChI is InChI=1S/C15H13NO3S/c1-18-11-5-3-6-12(19-2)14(11)15(17)10(9-16)13-7-4-8-20-13/h3-8,10H,1-2H3. The molecule has 2 rings (SSSR count). The Morgan fingerprint density at radius 2 is 1.85 bits per heavy atom. The van der Waals surface area contributed by atoms with Crippen molar-refractivity contribution >= 4 is 17.1 Å². The number of carbonyl (C=O) groups is 1. The Morgan fingerprint density at radius 1 is 1.20 bits per heavy atom. The summed E-state index contributed by atoms with van der Waals surface area (Å²) in [7, 11) is 2.97. The topological polar surface area (TPSA) is 59.3 Å². The zero-order valence-corrected chi connectivity index (χ0v) is 11.9. The molecule has 0 saturated heterocycles. The van der Waals surface area contributed by atoms with E-state index in [1.807, 2.05) is 11.4 Å². The number of hydrogen-bond acceptors (Lipinski definition) is 5. The molecule has 20 heavy (non-hydrogen) atoms. The van der Waals surface area contributed by atoms with Crippen molar-refractivity contribution in [2.24, 2.45) is 0 Å². The zero-order valence-electron chi connectivity index (χ0n) is 11.1. The van der Waals surface area contributed by atoms with Gasteiger partial charge in [0.1, 0.15) is 23.0 Å². The SMILES string of the molecule is COc1cccc(OC)c1C(=O)C(C#N)c1cccs1. The number of ether oxygens (including phenoxy) is 2. The minimum atomic E-state index is -0.847. The van der Waals surface area contributed by atoms with Gasteiger partial charge in [0.2, 0.25) is 0 Å².